The molecule has 4 aromatic carbocycles. The minimum absolute atomic E-state index is 0.0445. The van der Waals surface area contributed by atoms with Gasteiger partial charge in [0.2, 0.25) is 5.90 Å². The van der Waals surface area contributed by atoms with Gasteiger partial charge in [0, 0.05) is 57.2 Å². The number of aliphatic hydroxyl groups is 1. The van der Waals surface area contributed by atoms with Gasteiger partial charge in [0.25, 0.3) is 5.91 Å². The van der Waals surface area contributed by atoms with Crippen molar-refractivity contribution in [1.29, 1.82) is 0 Å². The van der Waals surface area contributed by atoms with Crippen LogP contribution in [0.2, 0.25) is 5.02 Å². The third-order valence-electron chi connectivity index (χ3n) is 7.43. The number of carbonyl (C=O) groups is 1. The number of azide groups is 1. The van der Waals surface area contributed by atoms with Gasteiger partial charge in [0.05, 0.1) is 6.61 Å². The summed E-state index contributed by atoms with van der Waals surface area (Å²) >= 11 is 9.70. The molecule has 45 heavy (non-hydrogen) atoms. The van der Waals surface area contributed by atoms with Gasteiger partial charge in [0.1, 0.15) is 5.75 Å². The summed E-state index contributed by atoms with van der Waals surface area (Å²) in [5.41, 5.74) is 11.3. The highest BCUT2D eigenvalue weighted by atomic mass is 79.9. The Balaban J connectivity index is 1.56. The van der Waals surface area contributed by atoms with Crippen LogP contribution in [-0.2, 0) is 22.4 Å². The minimum atomic E-state index is -1.46. The second-order valence-electron chi connectivity index (χ2n) is 10.4. The van der Waals surface area contributed by atoms with Crippen LogP contribution >= 0.6 is 27.5 Å². The van der Waals surface area contributed by atoms with E-state index in [4.69, 9.17) is 31.2 Å². The molecule has 9 nitrogen and oxygen atoms in total. The van der Waals surface area contributed by atoms with Gasteiger partial charge in [-0.05, 0) is 65.5 Å². The molecule has 1 aliphatic heterocycles. The maximum atomic E-state index is 14.5. The summed E-state index contributed by atoms with van der Waals surface area (Å²) in [5, 5.41) is 16.7. The highest BCUT2D eigenvalue weighted by Crippen LogP contribution is 2.46. The number of benzene rings is 4. The van der Waals surface area contributed by atoms with Crippen molar-refractivity contribution < 1.29 is 19.4 Å². The number of hydrogen-bond donors (Lipinski definition) is 2. The number of aliphatic hydroxyl groups excluding tert-OH is 1. The normalized spacial score (nSPS) is 17.1. The predicted octanol–water partition coefficient (Wildman–Crippen LogP) is 7.66. The molecule has 0 radical (unpaired) electrons. The summed E-state index contributed by atoms with van der Waals surface area (Å²) in [5.74, 6) is 0.583. The summed E-state index contributed by atoms with van der Waals surface area (Å²) in [6, 6.07) is 29.4. The number of aliphatic imine (C=N–C) groups is 1. The summed E-state index contributed by atoms with van der Waals surface area (Å²) in [4.78, 5) is 22.6. The molecule has 11 heteroatoms. The van der Waals surface area contributed by atoms with E-state index in [-0.39, 0.29) is 24.8 Å². The zero-order valence-electron chi connectivity index (χ0n) is 24.3. The number of nitrogens with one attached hydrogen (secondary N) is 1. The number of ether oxygens (including phenoxy) is 2. The van der Waals surface area contributed by atoms with Crippen LogP contribution in [0.25, 0.3) is 10.4 Å². The van der Waals surface area contributed by atoms with Crippen LogP contribution in [0.4, 0.5) is 5.69 Å². The van der Waals surface area contributed by atoms with Gasteiger partial charge >= 0.3 is 0 Å². The molecule has 2 atom stereocenters. The van der Waals surface area contributed by atoms with E-state index < -0.39 is 11.6 Å². The van der Waals surface area contributed by atoms with E-state index in [1.165, 1.54) is 0 Å². The first-order chi connectivity index (χ1) is 21.9. The molecule has 0 unspecified atom stereocenters. The SMILES string of the molecule is [N-]=[N+]=Nc1ccccc1[C@H]1OC(c2ccc(OCCCO)cc2)=N[C@@]1(Cc1ccccc1Br)C(=O)NCCc1ccc(Cl)cc1. The fraction of sp³-hybridized carbons (Fsp3) is 0.235. The number of rotatable bonds is 13. The zero-order chi connectivity index (χ0) is 31.6. The van der Waals surface area contributed by atoms with Gasteiger partial charge in [-0.15, -0.1) is 0 Å². The van der Waals surface area contributed by atoms with Crippen LogP contribution in [0.3, 0.4) is 0 Å². The largest absolute Gasteiger partial charge is 0.494 e. The highest BCUT2D eigenvalue weighted by Gasteiger charge is 2.54. The smallest absolute Gasteiger partial charge is 0.252 e. The van der Waals surface area contributed by atoms with Gasteiger partial charge in [-0.2, -0.15) is 0 Å². The molecule has 5 rings (SSSR count). The van der Waals surface area contributed by atoms with E-state index in [1.54, 1.807) is 30.3 Å². The van der Waals surface area contributed by atoms with Crippen LogP contribution in [-0.4, -0.2) is 42.2 Å². The fourth-order valence-electron chi connectivity index (χ4n) is 5.16. The lowest BCUT2D eigenvalue weighted by Gasteiger charge is -2.31. The van der Waals surface area contributed by atoms with Crippen LogP contribution in [0, 0.1) is 0 Å². The highest BCUT2D eigenvalue weighted by molar-refractivity contribution is 9.10. The molecule has 0 saturated heterocycles. The van der Waals surface area contributed by atoms with E-state index in [2.05, 4.69) is 31.3 Å². The van der Waals surface area contributed by atoms with Crippen molar-refractivity contribution in [2.24, 2.45) is 10.1 Å². The standard InChI is InChI=1S/C34H31BrClN5O4/c35-29-8-3-1-6-25(29)22-34(33(43)38-19-18-23-10-14-26(36)15-11-23)31(28-7-2-4-9-30(28)40-41-37)45-32(39-34)24-12-16-27(17-13-24)44-21-5-20-42/h1-4,6-17,31,42H,5,18-22H2,(H,38,43)/t31-,34-/m1/s1. The molecule has 2 N–H and O–H groups in total. The molecule has 0 saturated carbocycles. The molecule has 4 aromatic rings. The first-order valence-electron chi connectivity index (χ1n) is 14.4. The molecule has 1 aliphatic rings. The lowest BCUT2D eigenvalue weighted by atomic mass is 9.81. The Morgan fingerprint density at radius 1 is 1.07 bits per heavy atom. The maximum absolute atomic E-state index is 14.5. The lowest BCUT2D eigenvalue weighted by Crippen LogP contribution is -2.50. The van der Waals surface area contributed by atoms with Crippen molar-refractivity contribution in [3.63, 3.8) is 0 Å². The Morgan fingerprint density at radius 2 is 1.80 bits per heavy atom. The first-order valence-corrected chi connectivity index (χ1v) is 15.6. The average Bonchev–Trinajstić information content (AvgIpc) is 3.44. The van der Waals surface area contributed by atoms with Crippen LogP contribution in [0.1, 0.15) is 34.8 Å². The Bertz CT molecular complexity index is 1710. The predicted molar refractivity (Wildman–Crippen MR) is 178 cm³/mol. The molecule has 1 amide bonds. The van der Waals surface area contributed by atoms with E-state index in [0.29, 0.717) is 53.6 Å². The van der Waals surface area contributed by atoms with Gasteiger partial charge in [-0.3, -0.25) is 4.79 Å². The molecule has 1 heterocycles. The molecule has 0 spiro atoms. The second kappa shape index (κ2) is 15.1. The van der Waals surface area contributed by atoms with Crippen LogP contribution < -0.4 is 10.1 Å². The topological polar surface area (TPSA) is 129 Å². The molecular formula is C34H31BrClN5O4. The fourth-order valence-corrected chi connectivity index (χ4v) is 5.72. The van der Waals surface area contributed by atoms with Gasteiger partial charge in [0.15, 0.2) is 11.6 Å². The molecular weight excluding hydrogens is 658 g/mol. The summed E-state index contributed by atoms with van der Waals surface area (Å²) in [6.45, 7) is 0.785. The third-order valence-corrected chi connectivity index (χ3v) is 8.46. The quantitative estimate of drug-likeness (QED) is 0.0647. The number of halogens is 2. The Labute approximate surface area is 274 Å². The van der Waals surface area contributed by atoms with E-state index >= 15 is 0 Å². The van der Waals surface area contributed by atoms with E-state index in [9.17, 15) is 10.3 Å². The van der Waals surface area contributed by atoms with Gasteiger partial charge in [-0.1, -0.05) is 87.2 Å². The number of carbonyl (C=O) groups excluding carboxylic acids is 1. The minimum Gasteiger partial charge on any atom is -0.494 e. The lowest BCUT2D eigenvalue weighted by molar-refractivity contribution is -0.128. The molecule has 230 valence electrons. The third kappa shape index (κ3) is 7.67. The molecule has 0 bridgehead atoms. The zero-order valence-corrected chi connectivity index (χ0v) is 26.6. The second-order valence-corrected chi connectivity index (χ2v) is 11.7. The van der Waals surface area contributed by atoms with Crippen molar-refractivity contribution in [3.05, 3.63) is 139 Å². The number of hydrogen-bond acceptors (Lipinski definition) is 6. The molecule has 0 aliphatic carbocycles. The van der Waals surface area contributed by atoms with Crippen molar-refractivity contribution in [3.8, 4) is 5.75 Å². The van der Waals surface area contributed by atoms with Crippen molar-refractivity contribution in [1.82, 2.24) is 5.32 Å². The van der Waals surface area contributed by atoms with E-state index in [0.717, 1.165) is 15.6 Å². The van der Waals surface area contributed by atoms with Crippen molar-refractivity contribution in [2.75, 3.05) is 19.8 Å². The van der Waals surface area contributed by atoms with Gasteiger partial charge in [-0.25, -0.2) is 4.99 Å². The Morgan fingerprint density at radius 3 is 2.53 bits per heavy atom. The summed E-state index contributed by atoms with van der Waals surface area (Å²) < 4.78 is 13.1. The number of amides is 1. The summed E-state index contributed by atoms with van der Waals surface area (Å²) in [6.07, 6.45) is 0.386. The number of nitrogens with zero attached hydrogens (tertiary/aromatic N) is 4. The van der Waals surface area contributed by atoms with Crippen LogP contribution in [0.5, 0.6) is 5.75 Å². The monoisotopic (exact) mass is 687 g/mol. The van der Waals surface area contributed by atoms with E-state index in [1.807, 2.05) is 66.7 Å². The average molecular weight is 689 g/mol. The summed E-state index contributed by atoms with van der Waals surface area (Å²) in [7, 11) is 0. The van der Waals surface area contributed by atoms with Crippen molar-refractivity contribution >= 4 is 45.0 Å². The van der Waals surface area contributed by atoms with Crippen LogP contribution in [0.15, 0.2) is 112 Å². The van der Waals surface area contributed by atoms with Gasteiger partial charge < -0.3 is 19.9 Å². The van der Waals surface area contributed by atoms with Crippen molar-refractivity contribution in [2.45, 2.75) is 30.9 Å². The maximum Gasteiger partial charge on any atom is 0.252 e. The first kappa shape index (κ1) is 32.1. The molecule has 0 aromatic heterocycles. The Hall–Kier alpha value is -4.34. The Kier molecular flexibility index (Phi) is 10.8. The molecule has 0 fully saturated rings.